The van der Waals surface area contributed by atoms with Gasteiger partial charge in [0.1, 0.15) is 12.1 Å². The van der Waals surface area contributed by atoms with Crippen molar-refractivity contribution < 1.29 is 4.79 Å². The summed E-state index contributed by atoms with van der Waals surface area (Å²) in [6.07, 6.45) is 5.92. The lowest BCUT2D eigenvalue weighted by Gasteiger charge is -2.17. The highest BCUT2D eigenvalue weighted by atomic mass is 16.2. The zero-order chi connectivity index (χ0) is 17.9. The van der Waals surface area contributed by atoms with Gasteiger partial charge in [-0.2, -0.15) is 0 Å². The SMILES string of the molecule is Nc1cc(-c2cncnc2C2CCN(C(=O)c3ccccc3)C2)ccn1. The van der Waals surface area contributed by atoms with Crippen molar-refractivity contribution in [3.63, 3.8) is 0 Å². The normalized spacial score (nSPS) is 16.6. The maximum atomic E-state index is 12.7. The number of anilines is 1. The van der Waals surface area contributed by atoms with Crippen LogP contribution in [0.5, 0.6) is 0 Å². The van der Waals surface area contributed by atoms with Crippen LogP contribution in [-0.2, 0) is 0 Å². The van der Waals surface area contributed by atoms with Crippen molar-refractivity contribution in [1.82, 2.24) is 19.9 Å². The molecular formula is C20H19N5O. The molecule has 3 heterocycles. The van der Waals surface area contributed by atoms with E-state index in [1.807, 2.05) is 47.4 Å². The number of nitrogens with two attached hydrogens (primary N) is 1. The zero-order valence-corrected chi connectivity index (χ0v) is 14.2. The molecule has 1 atom stereocenters. The van der Waals surface area contributed by atoms with E-state index in [4.69, 9.17) is 5.73 Å². The fourth-order valence-corrected chi connectivity index (χ4v) is 3.43. The molecule has 130 valence electrons. The molecule has 6 heteroatoms. The van der Waals surface area contributed by atoms with Crippen molar-refractivity contribution >= 4 is 11.7 Å². The summed E-state index contributed by atoms with van der Waals surface area (Å²) in [6.45, 7) is 1.37. The molecule has 1 fully saturated rings. The van der Waals surface area contributed by atoms with E-state index in [0.717, 1.165) is 35.3 Å². The highest BCUT2D eigenvalue weighted by Crippen LogP contribution is 2.33. The lowest BCUT2D eigenvalue weighted by atomic mass is 9.96. The summed E-state index contributed by atoms with van der Waals surface area (Å²) in [6, 6.07) is 13.1. The summed E-state index contributed by atoms with van der Waals surface area (Å²) in [5.41, 5.74) is 9.38. The van der Waals surface area contributed by atoms with Gasteiger partial charge in [0.25, 0.3) is 5.91 Å². The van der Waals surface area contributed by atoms with Gasteiger partial charge in [0, 0.05) is 42.5 Å². The molecule has 26 heavy (non-hydrogen) atoms. The Balaban J connectivity index is 1.59. The molecule has 0 spiro atoms. The van der Waals surface area contributed by atoms with Gasteiger partial charge in [-0.3, -0.25) is 4.79 Å². The van der Waals surface area contributed by atoms with E-state index in [2.05, 4.69) is 15.0 Å². The number of pyridine rings is 1. The number of hydrogen-bond acceptors (Lipinski definition) is 5. The summed E-state index contributed by atoms with van der Waals surface area (Å²) in [7, 11) is 0. The highest BCUT2D eigenvalue weighted by molar-refractivity contribution is 5.94. The summed E-state index contributed by atoms with van der Waals surface area (Å²) in [4.78, 5) is 27.3. The molecule has 1 aliphatic heterocycles. The average Bonchev–Trinajstić information content (AvgIpc) is 3.18. The van der Waals surface area contributed by atoms with E-state index in [1.165, 1.54) is 0 Å². The molecule has 4 rings (SSSR count). The molecule has 3 aromatic rings. The van der Waals surface area contributed by atoms with Gasteiger partial charge in [0.15, 0.2) is 0 Å². The van der Waals surface area contributed by atoms with Gasteiger partial charge in [0.05, 0.1) is 5.69 Å². The van der Waals surface area contributed by atoms with Crippen molar-refractivity contribution in [2.24, 2.45) is 0 Å². The third-order valence-corrected chi connectivity index (χ3v) is 4.72. The van der Waals surface area contributed by atoms with Crippen LogP contribution in [-0.4, -0.2) is 38.8 Å². The summed E-state index contributed by atoms with van der Waals surface area (Å²) < 4.78 is 0. The number of hydrogen-bond donors (Lipinski definition) is 1. The lowest BCUT2D eigenvalue weighted by Crippen LogP contribution is -2.28. The maximum absolute atomic E-state index is 12.7. The Labute approximate surface area is 151 Å². The summed E-state index contributed by atoms with van der Waals surface area (Å²) in [5, 5.41) is 0. The molecule has 1 amide bonds. The van der Waals surface area contributed by atoms with Crippen molar-refractivity contribution in [2.75, 3.05) is 18.8 Å². The Hall–Kier alpha value is -3.28. The molecule has 1 unspecified atom stereocenters. The molecule has 6 nitrogen and oxygen atoms in total. The summed E-state index contributed by atoms with van der Waals surface area (Å²) >= 11 is 0. The van der Waals surface area contributed by atoms with Gasteiger partial charge in [-0.05, 0) is 36.2 Å². The number of amides is 1. The van der Waals surface area contributed by atoms with Crippen LogP contribution in [0.2, 0.25) is 0 Å². The molecule has 1 aliphatic rings. The van der Waals surface area contributed by atoms with Crippen LogP contribution >= 0.6 is 0 Å². The number of nitrogens with zero attached hydrogens (tertiary/aromatic N) is 4. The molecule has 1 aromatic carbocycles. The molecule has 2 aromatic heterocycles. The Kier molecular flexibility index (Phi) is 4.31. The van der Waals surface area contributed by atoms with Crippen molar-refractivity contribution in [3.05, 3.63) is 72.4 Å². The monoisotopic (exact) mass is 345 g/mol. The minimum absolute atomic E-state index is 0.0665. The van der Waals surface area contributed by atoms with E-state index in [0.29, 0.717) is 12.4 Å². The van der Waals surface area contributed by atoms with Crippen molar-refractivity contribution in [1.29, 1.82) is 0 Å². The molecule has 2 N–H and O–H groups in total. The minimum Gasteiger partial charge on any atom is -0.384 e. The van der Waals surface area contributed by atoms with Gasteiger partial charge in [-0.1, -0.05) is 18.2 Å². The minimum atomic E-state index is 0.0665. The number of aromatic nitrogens is 3. The number of carbonyl (C=O) groups excluding carboxylic acids is 1. The number of nitrogen functional groups attached to an aromatic ring is 1. The second kappa shape index (κ2) is 6.92. The lowest BCUT2D eigenvalue weighted by molar-refractivity contribution is 0.0790. The Bertz CT molecular complexity index is 928. The first-order valence-electron chi connectivity index (χ1n) is 8.58. The Morgan fingerprint density at radius 1 is 1.15 bits per heavy atom. The highest BCUT2D eigenvalue weighted by Gasteiger charge is 2.30. The fraction of sp³-hybridized carbons (Fsp3) is 0.200. The standard InChI is InChI=1S/C20H19N5O/c21-18-10-15(6-8-23-18)17-11-22-13-24-19(17)16-7-9-25(12-16)20(26)14-4-2-1-3-5-14/h1-6,8,10-11,13,16H,7,9,12H2,(H2,21,23). The summed E-state index contributed by atoms with van der Waals surface area (Å²) in [5.74, 6) is 0.705. The Morgan fingerprint density at radius 3 is 2.81 bits per heavy atom. The number of carbonyl (C=O) groups is 1. The number of benzene rings is 1. The smallest absolute Gasteiger partial charge is 0.253 e. The van der Waals surface area contributed by atoms with E-state index >= 15 is 0 Å². The quantitative estimate of drug-likeness (QED) is 0.789. The first-order chi connectivity index (χ1) is 12.7. The second-order valence-electron chi connectivity index (χ2n) is 6.39. The predicted octanol–water partition coefficient (Wildman–Crippen LogP) is 2.75. The van der Waals surface area contributed by atoms with Gasteiger partial charge in [0.2, 0.25) is 0 Å². The number of likely N-dealkylation sites (tertiary alicyclic amines) is 1. The fourth-order valence-electron chi connectivity index (χ4n) is 3.43. The van der Waals surface area contributed by atoms with Gasteiger partial charge < -0.3 is 10.6 Å². The third kappa shape index (κ3) is 3.13. The largest absolute Gasteiger partial charge is 0.384 e. The predicted molar refractivity (Wildman–Crippen MR) is 99.4 cm³/mol. The van der Waals surface area contributed by atoms with Crippen LogP contribution in [0, 0.1) is 0 Å². The second-order valence-corrected chi connectivity index (χ2v) is 6.39. The van der Waals surface area contributed by atoms with Crippen LogP contribution in [0.4, 0.5) is 5.82 Å². The average molecular weight is 345 g/mol. The molecule has 0 saturated carbocycles. The van der Waals surface area contributed by atoms with Crippen LogP contribution < -0.4 is 5.73 Å². The topological polar surface area (TPSA) is 85.0 Å². The van der Waals surface area contributed by atoms with Crippen LogP contribution in [0.1, 0.15) is 28.4 Å². The van der Waals surface area contributed by atoms with E-state index in [1.54, 1.807) is 18.7 Å². The molecule has 1 saturated heterocycles. The van der Waals surface area contributed by atoms with Crippen LogP contribution in [0.25, 0.3) is 11.1 Å². The Morgan fingerprint density at radius 2 is 2.00 bits per heavy atom. The zero-order valence-electron chi connectivity index (χ0n) is 14.2. The van der Waals surface area contributed by atoms with Crippen LogP contribution in [0.3, 0.4) is 0 Å². The third-order valence-electron chi connectivity index (χ3n) is 4.72. The van der Waals surface area contributed by atoms with Crippen molar-refractivity contribution in [2.45, 2.75) is 12.3 Å². The van der Waals surface area contributed by atoms with Crippen molar-refractivity contribution in [3.8, 4) is 11.1 Å². The molecular weight excluding hydrogens is 326 g/mol. The molecule has 0 aliphatic carbocycles. The van der Waals surface area contributed by atoms with E-state index < -0.39 is 0 Å². The van der Waals surface area contributed by atoms with Gasteiger partial charge >= 0.3 is 0 Å². The van der Waals surface area contributed by atoms with E-state index in [-0.39, 0.29) is 11.8 Å². The molecule has 0 bridgehead atoms. The van der Waals surface area contributed by atoms with E-state index in [9.17, 15) is 4.79 Å². The first kappa shape index (κ1) is 16.2. The van der Waals surface area contributed by atoms with Gasteiger partial charge in [-0.15, -0.1) is 0 Å². The van der Waals surface area contributed by atoms with Gasteiger partial charge in [-0.25, -0.2) is 15.0 Å². The maximum Gasteiger partial charge on any atom is 0.253 e. The van der Waals surface area contributed by atoms with Crippen LogP contribution in [0.15, 0.2) is 61.2 Å². The first-order valence-corrected chi connectivity index (χ1v) is 8.58. The number of rotatable bonds is 3. The molecule has 0 radical (unpaired) electrons.